The van der Waals surface area contributed by atoms with Gasteiger partial charge < -0.3 is 20.1 Å². The minimum absolute atomic E-state index is 0.199. The van der Waals surface area contributed by atoms with Gasteiger partial charge in [0.25, 0.3) is 0 Å². The highest BCUT2D eigenvalue weighted by Crippen LogP contribution is 2.38. The molecule has 0 fully saturated rings. The van der Waals surface area contributed by atoms with Gasteiger partial charge in [-0.2, -0.15) is 0 Å². The maximum atomic E-state index is 12.7. The van der Waals surface area contributed by atoms with Crippen LogP contribution in [-0.2, 0) is 17.6 Å². The van der Waals surface area contributed by atoms with Crippen molar-refractivity contribution in [2.24, 2.45) is 0 Å². The number of aromatic nitrogens is 1. The van der Waals surface area contributed by atoms with Gasteiger partial charge in [-0.3, -0.25) is 9.78 Å². The van der Waals surface area contributed by atoms with Gasteiger partial charge in [0.05, 0.1) is 31.1 Å². The predicted octanol–water partition coefficient (Wildman–Crippen LogP) is 6.53. The van der Waals surface area contributed by atoms with E-state index < -0.39 is 0 Å². The molecule has 0 saturated heterocycles. The van der Waals surface area contributed by atoms with Gasteiger partial charge in [-0.25, -0.2) is 0 Å². The monoisotopic (exact) mass is 479 g/mol. The summed E-state index contributed by atoms with van der Waals surface area (Å²) in [6, 6.07) is 21.3. The van der Waals surface area contributed by atoms with E-state index in [4.69, 9.17) is 14.5 Å². The van der Waals surface area contributed by atoms with Gasteiger partial charge in [0.15, 0.2) is 0 Å². The number of carbonyl (C=O) groups excluding carboxylic acids is 1. The van der Waals surface area contributed by atoms with Crippen molar-refractivity contribution in [3.63, 3.8) is 0 Å². The van der Waals surface area contributed by atoms with Crippen LogP contribution in [-0.4, -0.2) is 25.1 Å². The second-order valence-corrected chi connectivity index (χ2v) is 8.77. The van der Waals surface area contributed by atoms with Crippen LogP contribution < -0.4 is 20.1 Å². The Bertz CT molecular complexity index is 1430. The van der Waals surface area contributed by atoms with Crippen molar-refractivity contribution in [1.29, 1.82) is 0 Å². The third kappa shape index (κ3) is 5.03. The standard InChI is InChI=1S/C30H29N3O3/c1-35-22-15-11-20(12-16-22)13-18-29(34)31-21-14-17-26-24(19-21)30(23-7-3-4-8-25(23)32-26)33-27-9-5-6-10-28(27)36-2/h5-6,9-19H,3-4,7-8H2,1-2H3,(H,31,34)(H,32,33)/b18-13+. The third-order valence-corrected chi connectivity index (χ3v) is 6.44. The molecule has 6 heteroatoms. The van der Waals surface area contributed by atoms with E-state index in [9.17, 15) is 4.79 Å². The molecule has 5 rings (SSSR count). The molecule has 1 amide bonds. The molecule has 0 bridgehead atoms. The van der Waals surface area contributed by atoms with Crippen LogP contribution >= 0.6 is 0 Å². The van der Waals surface area contributed by atoms with Gasteiger partial charge in [0, 0.05) is 22.8 Å². The van der Waals surface area contributed by atoms with Crippen molar-refractivity contribution < 1.29 is 14.3 Å². The largest absolute Gasteiger partial charge is 0.497 e. The molecule has 1 heterocycles. The summed E-state index contributed by atoms with van der Waals surface area (Å²) >= 11 is 0. The number of nitrogens with zero attached hydrogens (tertiary/aromatic N) is 1. The number of benzene rings is 3. The summed E-state index contributed by atoms with van der Waals surface area (Å²) in [6.45, 7) is 0. The van der Waals surface area contributed by atoms with Crippen molar-refractivity contribution in [2.45, 2.75) is 25.7 Å². The lowest BCUT2D eigenvalue weighted by atomic mass is 9.92. The molecule has 4 aromatic rings. The molecule has 1 aromatic heterocycles. The van der Waals surface area contributed by atoms with Gasteiger partial charge in [0.2, 0.25) is 5.91 Å². The van der Waals surface area contributed by atoms with Crippen LogP contribution in [0.3, 0.4) is 0 Å². The SMILES string of the molecule is COc1ccc(/C=C/C(=O)Nc2ccc3nc4c(c(Nc5ccccc5OC)c3c2)CCCC4)cc1. The van der Waals surface area contributed by atoms with Gasteiger partial charge in [0.1, 0.15) is 11.5 Å². The zero-order valence-corrected chi connectivity index (χ0v) is 20.5. The van der Waals surface area contributed by atoms with E-state index in [1.165, 1.54) is 11.6 Å². The van der Waals surface area contributed by atoms with Crippen molar-refractivity contribution >= 4 is 39.9 Å². The van der Waals surface area contributed by atoms with E-state index >= 15 is 0 Å². The first-order chi connectivity index (χ1) is 17.6. The number of methoxy groups -OCH3 is 2. The minimum Gasteiger partial charge on any atom is -0.497 e. The number of pyridine rings is 1. The summed E-state index contributed by atoms with van der Waals surface area (Å²) in [6.07, 6.45) is 7.53. The predicted molar refractivity (Wildman–Crippen MR) is 145 cm³/mol. The summed E-state index contributed by atoms with van der Waals surface area (Å²) in [5, 5.41) is 7.59. The van der Waals surface area contributed by atoms with Gasteiger partial charge >= 0.3 is 0 Å². The Kier molecular flexibility index (Phi) is 6.85. The lowest BCUT2D eigenvalue weighted by molar-refractivity contribution is -0.111. The van der Waals surface area contributed by atoms with Crippen molar-refractivity contribution in [3.05, 3.63) is 89.6 Å². The van der Waals surface area contributed by atoms with Crippen molar-refractivity contribution in [1.82, 2.24) is 4.98 Å². The Hall–Kier alpha value is -4.32. The fourth-order valence-corrected chi connectivity index (χ4v) is 4.60. The number of amides is 1. The maximum Gasteiger partial charge on any atom is 0.248 e. The normalized spacial score (nSPS) is 12.8. The first-order valence-corrected chi connectivity index (χ1v) is 12.1. The van der Waals surface area contributed by atoms with E-state index in [2.05, 4.69) is 10.6 Å². The number of rotatable bonds is 7. The van der Waals surface area contributed by atoms with Crippen LogP contribution in [0.1, 0.15) is 29.7 Å². The molecule has 0 atom stereocenters. The van der Waals surface area contributed by atoms with E-state index in [0.29, 0.717) is 5.69 Å². The molecule has 1 aliphatic carbocycles. The molecule has 0 spiro atoms. The second-order valence-electron chi connectivity index (χ2n) is 8.77. The number of nitrogens with one attached hydrogen (secondary N) is 2. The summed E-state index contributed by atoms with van der Waals surface area (Å²) in [5.74, 6) is 1.36. The molecule has 3 aromatic carbocycles. The highest BCUT2D eigenvalue weighted by molar-refractivity contribution is 6.04. The third-order valence-electron chi connectivity index (χ3n) is 6.44. The highest BCUT2D eigenvalue weighted by Gasteiger charge is 2.19. The van der Waals surface area contributed by atoms with Gasteiger partial charge in [-0.1, -0.05) is 24.3 Å². The van der Waals surface area contributed by atoms with E-state index in [1.54, 1.807) is 20.3 Å². The maximum absolute atomic E-state index is 12.7. The molecule has 6 nitrogen and oxygen atoms in total. The first kappa shape index (κ1) is 23.4. The van der Waals surface area contributed by atoms with Crippen LogP contribution in [0.25, 0.3) is 17.0 Å². The van der Waals surface area contributed by atoms with Crippen molar-refractivity contribution in [3.8, 4) is 11.5 Å². The van der Waals surface area contributed by atoms with Crippen LogP contribution in [0.15, 0.2) is 72.8 Å². The number of para-hydroxylation sites is 2. The highest BCUT2D eigenvalue weighted by atomic mass is 16.5. The molecule has 0 unspecified atom stereocenters. The molecule has 2 N–H and O–H groups in total. The summed E-state index contributed by atoms with van der Waals surface area (Å²) in [7, 11) is 3.30. The number of aryl methyl sites for hydroxylation is 1. The Labute approximate surface area is 211 Å². The topological polar surface area (TPSA) is 72.5 Å². The smallest absolute Gasteiger partial charge is 0.248 e. The van der Waals surface area contributed by atoms with E-state index in [1.807, 2.05) is 66.7 Å². The molecule has 182 valence electrons. The molecular weight excluding hydrogens is 450 g/mol. The Morgan fingerprint density at radius 3 is 2.56 bits per heavy atom. The molecule has 1 aliphatic rings. The minimum atomic E-state index is -0.199. The number of anilines is 3. The summed E-state index contributed by atoms with van der Waals surface area (Å²) in [4.78, 5) is 17.6. The Morgan fingerprint density at radius 1 is 0.944 bits per heavy atom. The fourth-order valence-electron chi connectivity index (χ4n) is 4.60. The second kappa shape index (κ2) is 10.5. The first-order valence-electron chi connectivity index (χ1n) is 12.1. The van der Waals surface area contributed by atoms with Crippen LogP contribution in [0.5, 0.6) is 11.5 Å². The number of hydrogen-bond donors (Lipinski definition) is 2. The molecule has 0 radical (unpaired) electrons. The summed E-state index contributed by atoms with van der Waals surface area (Å²) in [5.41, 5.74) is 6.85. The summed E-state index contributed by atoms with van der Waals surface area (Å²) < 4.78 is 10.8. The van der Waals surface area contributed by atoms with Crippen LogP contribution in [0, 0.1) is 0 Å². The lowest BCUT2D eigenvalue weighted by Crippen LogP contribution is -2.11. The number of hydrogen-bond acceptors (Lipinski definition) is 5. The average molecular weight is 480 g/mol. The van der Waals surface area contributed by atoms with E-state index in [0.717, 1.165) is 70.7 Å². The Morgan fingerprint density at radius 2 is 1.75 bits per heavy atom. The van der Waals surface area contributed by atoms with Crippen LogP contribution in [0.4, 0.5) is 17.1 Å². The number of ether oxygens (including phenoxy) is 2. The fraction of sp³-hybridized carbons (Fsp3) is 0.200. The molecular formula is C30H29N3O3. The molecule has 0 saturated carbocycles. The zero-order chi connectivity index (χ0) is 24.9. The van der Waals surface area contributed by atoms with Gasteiger partial charge in [-0.15, -0.1) is 0 Å². The lowest BCUT2D eigenvalue weighted by Gasteiger charge is -2.22. The molecule has 36 heavy (non-hydrogen) atoms. The quantitative estimate of drug-likeness (QED) is 0.295. The Balaban J connectivity index is 1.46. The zero-order valence-electron chi connectivity index (χ0n) is 20.5. The van der Waals surface area contributed by atoms with E-state index in [-0.39, 0.29) is 5.91 Å². The van der Waals surface area contributed by atoms with Crippen LogP contribution in [0.2, 0.25) is 0 Å². The number of carbonyl (C=O) groups is 1. The van der Waals surface area contributed by atoms with Crippen molar-refractivity contribution in [2.75, 3.05) is 24.9 Å². The van der Waals surface area contributed by atoms with Gasteiger partial charge in [-0.05, 0) is 85.4 Å². The number of fused-ring (bicyclic) bond motifs is 2. The average Bonchev–Trinajstić information content (AvgIpc) is 2.92. The molecule has 0 aliphatic heterocycles.